The number of rotatable bonds is 5. The summed E-state index contributed by atoms with van der Waals surface area (Å²) in [5, 5.41) is 10.6. The van der Waals surface area contributed by atoms with Crippen LogP contribution in [-0.2, 0) is 14.9 Å². The average Bonchev–Trinajstić information content (AvgIpc) is 3.10. The Morgan fingerprint density at radius 2 is 2.15 bits per heavy atom. The number of nitrogens with zero attached hydrogens (tertiary/aromatic N) is 2. The molecule has 3 rings (SSSR count). The SMILES string of the molecule is CCOC(=O)C[C@H]1CCN(C2CCC(C#N)(c3cccc(Cl)c3)CC2)C1. The molecule has 2 fully saturated rings. The van der Waals surface area contributed by atoms with Gasteiger partial charge in [-0.3, -0.25) is 4.79 Å². The lowest BCUT2D eigenvalue weighted by atomic mass is 9.69. The monoisotopic (exact) mass is 374 g/mol. The quantitative estimate of drug-likeness (QED) is 0.720. The van der Waals surface area contributed by atoms with E-state index in [0.29, 0.717) is 30.0 Å². The van der Waals surface area contributed by atoms with Crippen LogP contribution in [0.2, 0.25) is 5.02 Å². The molecular formula is C21H27ClN2O2. The van der Waals surface area contributed by atoms with Gasteiger partial charge in [-0.25, -0.2) is 0 Å². The highest BCUT2D eigenvalue weighted by atomic mass is 35.5. The van der Waals surface area contributed by atoms with Gasteiger partial charge in [0.2, 0.25) is 0 Å². The first kappa shape index (κ1) is 19.2. The number of likely N-dealkylation sites (tertiary alicyclic amines) is 1. The first-order valence-corrected chi connectivity index (χ1v) is 10.0. The van der Waals surface area contributed by atoms with Crippen molar-refractivity contribution in [2.75, 3.05) is 19.7 Å². The summed E-state index contributed by atoms with van der Waals surface area (Å²) in [7, 11) is 0. The van der Waals surface area contributed by atoms with E-state index in [9.17, 15) is 10.1 Å². The lowest BCUT2D eigenvalue weighted by Crippen LogP contribution is -2.41. The second-order valence-corrected chi connectivity index (χ2v) is 8.03. The van der Waals surface area contributed by atoms with Gasteiger partial charge in [0.05, 0.1) is 18.1 Å². The van der Waals surface area contributed by atoms with Gasteiger partial charge in [-0.15, -0.1) is 0 Å². The molecule has 0 spiro atoms. The van der Waals surface area contributed by atoms with Crippen LogP contribution in [0.1, 0.15) is 51.0 Å². The Morgan fingerprint density at radius 3 is 2.81 bits per heavy atom. The fourth-order valence-corrected chi connectivity index (χ4v) is 4.72. The molecule has 1 aromatic rings. The van der Waals surface area contributed by atoms with Crippen LogP contribution in [0.15, 0.2) is 24.3 Å². The van der Waals surface area contributed by atoms with Crippen LogP contribution < -0.4 is 0 Å². The van der Waals surface area contributed by atoms with E-state index < -0.39 is 5.41 Å². The molecule has 1 aliphatic carbocycles. The van der Waals surface area contributed by atoms with Crippen molar-refractivity contribution in [1.29, 1.82) is 5.26 Å². The van der Waals surface area contributed by atoms with Gasteiger partial charge in [-0.1, -0.05) is 23.7 Å². The number of ether oxygens (including phenoxy) is 1. The molecule has 1 saturated carbocycles. The Hall–Kier alpha value is -1.57. The maximum Gasteiger partial charge on any atom is 0.306 e. The van der Waals surface area contributed by atoms with Crippen LogP contribution in [0.4, 0.5) is 0 Å². The molecule has 0 amide bonds. The molecule has 0 aromatic heterocycles. The number of carbonyl (C=O) groups is 1. The Balaban J connectivity index is 1.57. The van der Waals surface area contributed by atoms with Crippen LogP contribution in [0.5, 0.6) is 0 Å². The van der Waals surface area contributed by atoms with E-state index in [2.05, 4.69) is 11.0 Å². The van der Waals surface area contributed by atoms with E-state index in [-0.39, 0.29) is 5.97 Å². The minimum atomic E-state index is -0.411. The summed E-state index contributed by atoms with van der Waals surface area (Å²) in [6.07, 6.45) is 5.37. The molecular weight excluding hydrogens is 348 g/mol. The second-order valence-electron chi connectivity index (χ2n) is 7.59. The fourth-order valence-electron chi connectivity index (χ4n) is 4.53. The summed E-state index contributed by atoms with van der Waals surface area (Å²) in [5.41, 5.74) is 0.637. The van der Waals surface area contributed by atoms with Gasteiger partial charge in [0.15, 0.2) is 0 Å². The zero-order valence-electron chi connectivity index (χ0n) is 15.4. The van der Waals surface area contributed by atoms with Gasteiger partial charge in [0.25, 0.3) is 0 Å². The van der Waals surface area contributed by atoms with Gasteiger partial charge >= 0.3 is 5.97 Å². The number of carbonyl (C=O) groups excluding carboxylic acids is 1. The van der Waals surface area contributed by atoms with Crippen molar-refractivity contribution in [3.8, 4) is 6.07 Å². The van der Waals surface area contributed by atoms with E-state index in [1.54, 1.807) is 0 Å². The molecule has 0 bridgehead atoms. The van der Waals surface area contributed by atoms with Gasteiger partial charge < -0.3 is 9.64 Å². The molecule has 2 aliphatic rings. The molecule has 5 heteroatoms. The zero-order chi connectivity index (χ0) is 18.6. The molecule has 1 saturated heterocycles. The van der Waals surface area contributed by atoms with Crippen molar-refractivity contribution in [3.63, 3.8) is 0 Å². The summed E-state index contributed by atoms with van der Waals surface area (Å²) in [6.45, 7) is 4.32. The third-order valence-electron chi connectivity index (χ3n) is 5.99. The van der Waals surface area contributed by atoms with E-state index >= 15 is 0 Å². The van der Waals surface area contributed by atoms with Crippen molar-refractivity contribution in [2.24, 2.45) is 5.92 Å². The van der Waals surface area contributed by atoms with Gasteiger partial charge in [-0.05, 0) is 69.2 Å². The van der Waals surface area contributed by atoms with E-state index in [1.807, 2.05) is 31.2 Å². The molecule has 140 valence electrons. The van der Waals surface area contributed by atoms with Gasteiger partial charge in [0.1, 0.15) is 0 Å². The lowest BCUT2D eigenvalue weighted by molar-refractivity contribution is -0.144. The van der Waals surface area contributed by atoms with Crippen LogP contribution in [0.3, 0.4) is 0 Å². The molecule has 1 aliphatic heterocycles. The highest BCUT2D eigenvalue weighted by Crippen LogP contribution is 2.42. The standard InChI is InChI=1S/C21H27ClN2O2/c1-2-26-20(25)12-16-8-11-24(14-16)19-6-9-21(15-23,10-7-19)17-4-3-5-18(22)13-17/h3-5,13,16,19H,2,6-12,14H2,1H3/t16-,19?,21?/m1/s1. The summed E-state index contributed by atoms with van der Waals surface area (Å²) in [6, 6.07) is 10.9. The Bertz CT molecular complexity index is 677. The third kappa shape index (κ3) is 4.22. The lowest BCUT2D eigenvalue weighted by Gasteiger charge is -2.39. The maximum absolute atomic E-state index is 11.7. The first-order chi connectivity index (χ1) is 12.6. The van der Waals surface area contributed by atoms with E-state index in [1.165, 1.54) is 0 Å². The highest BCUT2D eigenvalue weighted by Gasteiger charge is 2.40. The first-order valence-electron chi connectivity index (χ1n) is 9.63. The summed E-state index contributed by atoms with van der Waals surface area (Å²) in [4.78, 5) is 14.2. The zero-order valence-corrected chi connectivity index (χ0v) is 16.2. The van der Waals surface area contributed by atoms with Crippen molar-refractivity contribution in [1.82, 2.24) is 4.90 Å². The minimum absolute atomic E-state index is 0.0764. The average molecular weight is 375 g/mol. The Labute approximate surface area is 161 Å². The maximum atomic E-state index is 11.7. The molecule has 0 radical (unpaired) electrons. The largest absolute Gasteiger partial charge is 0.466 e. The van der Waals surface area contributed by atoms with Crippen LogP contribution in [0.25, 0.3) is 0 Å². The van der Waals surface area contributed by atoms with Crippen molar-refractivity contribution >= 4 is 17.6 Å². The third-order valence-corrected chi connectivity index (χ3v) is 6.23. The van der Waals surface area contributed by atoms with Gasteiger partial charge in [-0.2, -0.15) is 5.26 Å². The Kier molecular flexibility index (Phi) is 6.21. The second kappa shape index (κ2) is 8.41. The normalized spacial score (nSPS) is 29.3. The van der Waals surface area contributed by atoms with Gasteiger partial charge in [0, 0.05) is 24.0 Å². The number of nitriles is 1. The van der Waals surface area contributed by atoms with Crippen LogP contribution in [0, 0.1) is 17.2 Å². The summed E-state index contributed by atoms with van der Waals surface area (Å²) >= 11 is 6.14. The number of hydrogen-bond donors (Lipinski definition) is 0. The molecule has 1 heterocycles. The molecule has 0 N–H and O–H groups in total. The van der Waals surface area contributed by atoms with Crippen molar-refractivity contribution in [3.05, 3.63) is 34.9 Å². The highest BCUT2D eigenvalue weighted by molar-refractivity contribution is 6.30. The Morgan fingerprint density at radius 1 is 1.38 bits per heavy atom. The molecule has 4 nitrogen and oxygen atoms in total. The topological polar surface area (TPSA) is 53.3 Å². The smallest absolute Gasteiger partial charge is 0.306 e. The minimum Gasteiger partial charge on any atom is -0.466 e. The molecule has 1 aromatic carbocycles. The predicted molar refractivity (Wildman–Crippen MR) is 102 cm³/mol. The van der Waals surface area contributed by atoms with E-state index in [4.69, 9.17) is 16.3 Å². The molecule has 1 atom stereocenters. The summed E-state index contributed by atoms with van der Waals surface area (Å²) < 4.78 is 5.08. The number of benzene rings is 1. The number of halogens is 1. The molecule has 0 unspecified atom stereocenters. The summed E-state index contributed by atoms with van der Waals surface area (Å²) in [5.74, 6) is 0.331. The number of hydrogen-bond acceptors (Lipinski definition) is 4. The van der Waals surface area contributed by atoms with Crippen molar-refractivity contribution in [2.45, 2.75) is 56.9 Å². The molecule has 26 heavy (non-hydrogen) atoms. The number of esters is 1. The fraction of sp³-hybridized carbons (Fsp3) is 0.619. The van der Waals surface area contributed by atoms with Crippen LogP contribution >= 0.6 is 11.6 Å². The van der Waals surface area contributed by atoms with E-state index in [0.717, 1.165) is 50.8 Å². The van der Waals surface area contributed by atoms with Crippen molar-refractivity contribution < 1.29 is 9.53 Å². The predicted octanol–water partition coefficient (Wildman–Crippen LogP) is 4.32. The van der Waals surface area contributed by atoms with Crippen LogP contribution in [-0.4, -0.2) is 36.6 Å².